The first-order chi connectivity index (χ1) is 9.16. The first-order valence-electron chi connectivity index (χ1n) is 6.50. The van der Waals surface area contributed by atoms with Crippen LogP contribution in [-0.4, -0.2) is 36.2 Å². The van der Waals surface area contributed by atoms with E-state index in [4.69, 9.17) is 22.1 Å². The van der Waals surface area contributed by atoms with Gasteiger partial charge in [-0.05, 0) is 25.3 Å². The molecule has 0 aromatic carbocycles. The molecule has 19 heavy (non-hydrogen) atoms. The first kappa shape index (κ1) is 12.7. The minimum absolute atomic E-state index is 0.280. The molecule has 0 unspecified atom stereocenters. The zero-order valence-electron chi connectivity index (χ0n) is 10.5. The number of anilines is 1. The quantitative estimate of drug-likeness (QED) is 0.894. The molecule has 2 heterocycles. The van der Waals surface area contributed by atoms with E-state index in [1.807, 2.05) is 0 Å². The molecule has 0 radical (unpaired) electrons. The molecule has 1 aromatic rings. The number of nitrogens with zero attached hydrogens (tertiary/aromatic N) is 2. The van der Waals surface area contributed by atoms with Crippen LogP contribution in [0.2, 0.25) is 5.02 Å². The van der Waals surface area contributed by atoms with Crippen LogP contribution in [0.1, 0.15) is 29.6 Å². The lowest BCUT2D eigenvalue weighted by molar-refractivity contribution is 0.0253. The van der Waals surface area contributed by atoms with Gasteiger partial charge in [-0.25, -0.2) is 4.98 Å². The van der Waals surface area contributed by atoms with Gasteiger partial charge in [0.1, 0.15) is 5.82 Å². The third kappa shape index (κ3) is 2.28. The summed E-state index contributed by atoms with van der Waals surface area (Å²) in [6.07, 6.45) is 5.13. The third-order valence-corrected chi connectivity index (χ3v) is 4.14. The standard InChI is InChI=1S/C13H16ClN3O2/c14-9-6-8(12(15)18)7-16-13(9)17-4-5-19-11-3-1-2-10(11)17/h6-7,10-11H,1-5H2,(H2,15,18)/t10-,11+/m0/s1. The topological polar surface area (TPSA) is 68.5 Å². The number of hydrogen-bond acceptors (Lipinski definition) is 4. The Balaban J connectivity index is 1.90. The summed E-state index contributed by atoms with van der Waals surface area (Å²) in [6.45, 7) is 1.47. The highest BCUT2D eigenvalue weighted by Crippen LogP contribution is 2.35. The van der Waals surface area contributed by atoms with E-state index in [-0.39, 0.29) is 6.10 Å². The monoisotopic (exact) mass is 281 g/mol. The summed E-state index contributed by atoms with van der Waals surface area (Å²) in [7, 11) is 0. The highest BCUT2D eigenvalue weighted by atomic mass is 35.5. The average molecular weight is 282 g/mol. The maximum Gasteiger partial charge on any atom is 0.250 e. The number of halogens is 1. The van der Waals surface area contributed by atoms with Crippen LogP contribution in [-0.2, 0) is 4.74 Å². The van der Waals surface area contributed by atoms with E-state index < -0.39 is 5.91 Å². The number of primary amides is 1. The highest BCUT2D eigenvalue weighted by Gasteiger charge is 2.37. The number of carbonyl (C=O) groups is 1. The molecule has 2 fully saturated rings. The number of aromatic nitrogens is 1. The van der Waals surface area contributed by atoms with Gasteiger partial charge in [0.15, 0.2) is 0 Å². The molecule has 1 saturated heterocycles. The molecule has 6 heteroatoms. The average Bonchev–Trinajstić information content (AvgIpc) is 2.86. The van der Waals surface area contributed by atoms with Gasteiger partial charge in [0.25, 0.3) is 0 Å². The van der Waals surface area contributed by atoms with Crippen LogP contribution >= 0.6 is 11.6 Å². The van der Waals surface area contributed by atoms with Crippen LogP contribution in [0.25, 0.3) is 0 Å². The lowest BCUT2D eigenvalue weighted by Gasteiger charge is -2.38. The second-order valence-electron chi connectivity index (χ2n) is 4.99. The second kappa shape index (κ2) is 4.98. The van der Waals surface area contributed by atoms with Crippen molar-refractivity contribution in [3.05, 3.63) is 22.8 Å². The normalized spacial score (nSPS) is 26.3. The van der Waals surface area contributed by atoms with Crippen LogP contribution in [0.15, 0.2) is 12.3 Å². The molecule has 1 saturated carbocycles. The number of rotatable bonds is 2. The van der Waals surface area contributed by atoms with Gasteiger partial charge >= 0.3 is 0 Å². The molecule has 1 aliphatic carbocycles. The van der Waals surface area contributed by atoms with Crippen molar-refractivity contribution in [2.24, 2.45) is 5.73 Å². The van der Waals surface area contributed by atoms with E-state index in [9.17, 15) is 4.79 Å². The Hall–Kier alpha value is -1.33. The maximum atomic E-state index is 11.1. The van der Waals surface area contributed by atoms with Gasteiger partial charge in [0.05, 0.1) is 29.3 Å². The molecule has 2 aliphatic rings. The van der Waals surface area contributed by atoms with Gasteiger partial charge in [-0.3, -0.25) is 4.79 Å². The third-order valence-electron chi connectivity index (χ3n) is 3.86. The van der Waals surface area contributed by atoms with Crippen molar-refractivity contribution in [2.45, 2.75) is 31.4 Å². The van der Waals surface area contributed by atoms with Gasteiger partial charge in [-0.15, -0.1) is 0 Å². The van der Waals surface area contributed by atoms with Crippen LogP contribution in [0.4, 0.5) is 5.82 Å². The molecule has 3 rings (SSSR count). The zero-order chi connectivity index (χ0) is 13.4. The number of hydrogen-bond donors (Lipinski definition) is 1. The molecule has 5 nitrogen and oxygen atoms in total. The Morgan fingerprint density at radius 3 is 3.11 bits per heavy atom. The largest absolute Gasteiger partial charge is 0.374 e. The fourth-order valence-corrected chi connectivity index (χ4v) is 3.24. The maximum absolute atomic E-state index is 11.1. The summed E-state index contributed by atoms with van der Waals surface area (Å²) in [5, 5.41) is 0.476. The lowest BCUT2D eigenvalue weighted by atomic mass is 10.1. The molecule has 2 N–H and O–H groups in total. The zero-order valence-corrected chi connectivity index (χ0v) is 11.3. The summed E-state index contributed by atoms with van der Waals surface area (Å²) < 4.78 is 5.77. The molecule has 1 amide bonds. The summed E-state index contributed by atoms with van der Waals surface area (Å²) >= 11 is 6.24. The number of ether oxygens (including phenoxy) is 1. The fourth-order valence-electron chi connectivity index (χ4n) is 2.97. The van der Waals surface area contributed by atoms with Crippen molar-refractivity contribution >= 4 is 23.3 Å². The summed E-state index contributed by atoms with van der Waals surface area (Å²) in [5.74, 6) is 0.216. The van der Waals surface area contributed by atoms with Gasteiger partial charge in [0.2, 0.25) is 5.91 Å². The van der Waals surface area contributed by atoms with E-state index in [0.717, 1.165) is 25.2 Å². The van der Waals surface area contributed by atoms with Crippen LogP contribution in [0.5, 0.6) is 0 Å². The van der Waals surface area contributed by atoms with Crippen LogP contribution in [0.3, 0.4) is 0 Å². The Bertz CT molecular complexity index is 509. The van der Waals surface area contributed by atoms with Gasteiger partial charge in [-0.1, -0.05) is 11.6 Å². The lowest BCUT2D eigenvalue weighted by Crippen LogP contribution is -2.49. The predicted octanol–water partition coefficient (Wildman–Crippen LogP) is 1.59. The number of morpholine rings is 1. The van der Waals surface area contributed by atoms with Gasteiger partial charge in [0, 0.05) is 12.7 Å². The molecular weight excluding hydrogens is 266 g/mol. The number of fused-ring (bicyclic) bond motifs is 1. The highest BCUT2D eigenvalue weighted by molar-refractivity contribution is 6.33. The Morgan fingerprint density at radius 1 is 1.53 bits per heavy atom. The molecule has 1 aliphatic heterocycles. The van der Waals surface area contributed by atoms with Crippen molar-refractivity contribution in [2.75, 3.05) is 18.1 Å². The first-order valence-corrected chi connectivity index (χ1v) is 6.88. The summed E-state index contributed by atoms with van der Waals surface area (Å²) in [6, 6.07) is 1.93. The minimum atomic E-state index is -0.512. The molecule has 102 valence electrons. The van der Waals surface area contributed by atoms with Crippen molar-refractivity contribution < 1.29 is 9.53 Å². The SMILES string of the molecule is NC(=O)c1cnc(N2CCO[C@@H]3CCC[C@@H]32)c(Cl)c1. The van der Waals surface area contributed by atoms with Crippen LogP contribution < -0.4 is 10.6 Å². The number of amides is 1. The number of nitrogens with two attached hydrogens (primary N) is 1. The van der Waals surface area contributed by atoms with Gasteiger partial charge < -0.3 is 15.4 Å². The molecule has 1 aromatic heterocycles. The van der Waals surface area contributed by atoms with E-state index in [1.54, 1.807) is 6.07 Å². The Morgan fingerprint density at radius 2 is 2.37 bits per heavy atom. The van der Waals surface area contributed by atoms with Gasteiger partial charge in [-0.2, -0.15) is 0 Å². The summed E-state index contributed by atoms with van der Waals surface area (Å²) in [4.78, 5) is 17.6. The Labute approximate surface area is 116 Å². The molecule has 0 bridgehead atoms. The van der Waals surface area contributed by atoms with Crippen molar-refractivity contribution in [1.29, 1.82) is 0 Å². The molecule has 0 spiro atoms. The summed E-state index contributed by atoms with van der Waals surface area (Å²) in [5.41, 5.74) is 5.56. The number of pyridine rings is 1. The van der Waals surface area contributed by atoms with Crippen molar-refractivity contribution in [3.8, 4) is 0 Å². The van der Waals surface area contributed by atoms with E-state index in [2.05, 4.69) is 9.88 Å². The molecule has 2 atom stereocenters. The van der Waals surface area contributed by atoms with Crippen molar-refractivity contribution in [1.82, 2.24) is 4.98 Å². The number of carbonyl (C=O) groups excluding carboxylic acids is 1. The van der Waals surface area contributed by atoms with Crippen molar-refractivity contribution in [3.63, 3.8) is 0 Å². The van der Waals surface area contributed by atoms with E-state index in [0.29, 0.717) is 23.2 Å². The predicted molar refractivity (Wildman–Crippen MR) is 72.5 cm³/mol. The minimum Gasteiger partial charge on any atom is -0.374 e. The van der Waals surface area contributed by atoms with E-state index in [1.165, 1.54) is 12.6 Å². The Kier molecular flexibility index (Phi) is 3.33. The fraction of sp³-hybridized carbons (Fsp3) is 0.538. The second-order valence-corrected chi connectivity index (χ2v) is 5.40. The van der Waals surface area contributed by atoms with E-state index >= 15 is 0 Å². The van der Waals surface area contributed by atoms with Crippen LogP contribution in [0, 0.1) is 0 Å². The smallest absolute Gasteiger partial charge is 0.250 e. The molecular formula is C13H16ClN3O2.